The zero-order chi connectivity index (χ0) is 8.01. The highest BCUT2D eigenvalue weighted by atomic mass is 16.4. The van der Waals surface area contributed by atoms with Gasteiger partial charge in [-0.2, -0.15) is 0 Å². The second-order valence-corrected chi connectivity index (χ2v) is 3.48. The Morgan fingerprint density at radius 3 is 2.45 bits per heavy atom. The first-order chi connectivity index (χ1) is 5.20. The Hall–Kier alpha value is -0.860. The van der Waals surface area contributed by atoms with Crippen molar-refractivity contribution in [3.05, 3.63) is 0 Å². The zero-order valence-corrected chi connectivity index (χ0v) is 6.12. The average Bonchev–Trinajstić information content (AvgIpc) is 2.65. The van der Waals surface area contributed by atoms with E-state index in [4.69, 9.17) is 5.11 Å². The summed E-state index contributed by atoms with van der Waals surface area (Å²) in [4.78, 5) is 21.5. The monoisotopic (exact) mass is 154 g/mol. The summed E-state index contributed by atoms with van der Waals surface area (Å²) in [7, 11) is 0. The van der Waals surface area contributed by atoms with E-state index in [0.29, 0.717) is 5.92 Å². The van der Waals surface area contributed by atoms with Crippen molar-refractivity contribution in [2.75, 3.05) is 0 Å². The van der Waals surface area contributed by atoms with E-state index < -0.39 is 5.97 Å². The van der Waals surface area contributed by atoms with Gasteiger partial charge in [0.15, 0.2) is 0 Å². The molecule has 11 heavy (non-hydrogen) atoms. The number of carbonyl (C=O) groups excluding carboxylic acids is 1. The van der Waals surface area contributed by atoms with E-state index in [-0.39, 0.29) is 24.0 Å². The maximum Gasteiger partial charge on any atom is 0.307 e. The second kappa shape index (κ2) is 2.06. The zero-order valence-electron chi connectivity index (χ0n) is 6.12. The lowest BCUT2D eigenvalue weighted by Gasteiger charge is -2.31. The molecule has 0 saturated heterocycles. The lowest BCUT2D eigenvalue weighted by molar-refractivity contribution is -0.156. The predicted molar refractivity (Wildman–Crippen MR) is 37.0 cm³/mol. The standard InChI is InChI=1S/C8H10O3/c9-6-3-5(8(10)11)7(6)4-1-2-4/h4-5,7H,1-3H2,(H,10,11). The number of hydrogen-bond acceptors (Lipinski definition) is 2. The second-order valence-electron chi connectivity index (χ2n) is 3.48. The first-order valence-corrected chi connectivity index (χ1v) is 3.95. The molecule has 0 aromatic heterocycles. The van der Waals surface area contributed by atoms with Gasteiger partial charge in [0.25, 0.3) is 0 Å². The topological polar surface area (TPSA) is 54.4 Å². The molecule has 0 aromatic rings. The fourth-order valence-corrected chi connectivity index (χ4v) is 1.83. The molecule has 2 rings (SSSR count). The molecule has 60 valence electrons. The lowest BCUT2D eigenvalue weighted by Crippen LogP contribution is -2.43. The Bertz CT molecular complexity index is 217. The molecule has 0 heterocycles. The van der Waals surface area contributed by atoms with Gasteiger partial charge in [-0.1, -0.05) is 0 Å². The van der Waals surface area contributed by atoms with Gasteiger partial charge in [-0.05, 0) is 18.8 Å². The van der Waals surface area contributed by atoms with Crippen LogP contribution in [0.3, 0.4) is 0 Å². The van der Waals surface area contributed by atoms with Gasteiger partial charge in [0.1, 0.15) is 5.78 Å². The number of carboxylic acid groups (broad SMARTS) is 1. The number of carbonyl (C=O) groups is 2. The first-order valence-electron chi connectivity index (χ1n) is 3.95. The molecule has 2 aliphatic carbocycles. The summed E-state index contributed by atoms with van der Waals surface area (Å²) >= 11 is 0. The van der Waals surface area contributed by atoms with Crippen LogP contribution >= 0.6 is 0 Å². The third-order valence-corrected chi connectivity index (χ3v) is 2.67. The molecule has 2 fully saturated rings. The van der Waals surface area contributed by atoms with Crippen LogP contribution < -0.4 is 0 Å². The molecule has 0 radical (unpaired) electrons. The van der Waals surface area contributed by atoms with Gasteiger partial charge in [-0.3, -0.25) is 9.59 Å². The van der Waals surface area contributed by atoms with Crippen LogP contribution in [0.5, 0.6) is 0 Å². The summed E-state index contributed by atoms with van der Waals surface area (Å²) in [5, 5.41) is 8.65. The summed E-state index contributed by atoms with van der Waals surface area (Å²) < 4.78 is 0. The molecule has 2 saturated carbocycles. The summed E-state index contributed by atoms with van der Waals surface area (Å²) in [6, 6.07) is 0. The fraction of sp³-hybridized carbons (Fsp3) is 0.750. The smallest absolute Gasteiger partial charge is 0.307 e. The van der Waals surface area contributed by atoms with Gasteiger partial charge < -0.3 is 5.11 Å². The third kappa shape index (κ3) is 0.951. The molecule has 2 atom stereocenters. The molecule has 0 aliphatic heterocycles. The largest absolute Gasteiger partial charge is 0.481 e. The van der Waals surface area contributed by atoms with E-state index in [0.717, 1.165) is 12.8 Å². The van der Waals surface area contributed by atoms with Gasteiger partial charge in [-0.15, -0.1) is 0 Å². The van der Waals surface area contributed by atoms with Crippen LogP contribution in [0.4, 0.5) is 0 Å². The van der Waals surface area contributed by atoms with Crippen LogP contribution in [0.15, 0.2) is 0 Å². The maximum absolute atomic E-state index is 11.0. The number of aliphatic carboxylic acids is 1. The normalized spacial score (nSPS) is 36.5. The van der Waals surface area contributed by atoms with Crippen LogP contribution in [0.1, 0.15) is 19.3 Å². The van der Waals surface area contributed by atoms with E-state index in [2.05, 4.69) is 0 Å². The van der Waals surface area contributed by atoms with Crippen molar-refractivity contribution in [2.24, 2.45) is 17.8 Å². The van der Waals surface area contributed by atoms with E-state index >= 15 is 0 Å². The number of Topliss-reactive ketones (excluding diaryl/α,β-unsaturated/α-hetero) is 1. The van der Waals surface area contributed by atoms with Crippen LogP contribution in [-0.2, 0) is 9.59 Å². The highest BCUT2D eigenvalue weighted by Gasteiger charge is 2.51. The van der Waals surface area contributed by atoms with Gasteiger partial charge >= 0.3 is 5.97 Å². The number of hydrogen-bond donors (Lipinski definition) is 1. The molecule has 0 spiro atoms. The van der Waals surface area contributed by atoms with Crippen LogP contribution in [-0.4, -0.2) is 16.9 Å². The Morgan fingerprint density at radius 2 is 2.09 bits per heavy atom. The predicted octanol–water partition coefficient (Wildman–Crippen LogP) is 0.686. The number of carboxylic acids is 1. The Morgan fingerprint density at radius 1 is 1.45 bits per heavy atom. The van der Waals surface area contributed by atoms with E-state index in [1.165, 1.54) is 0 Å². The van der Waals surface area contributed by atoms with Crippen LogP contribution in [0, 0.1) is 17.8 Å². The Kier molecular flexibility index (Phi) is 1.28. The molecule has 2 aliphatic rings. The number of rotatable bonds is 2. The van der Waals surface area contributed by atoms with E-state index in [9.17, 15) is 9.59 Å². The van der Waals surface area contributed by atoms with Crippen molar-refractivity contribution in [3.63, 3.8) is 0 Å². The van der Waals surface area contributed by atoms with Gasteiger partial charge in [0, 0.05) is 12.3 Å². The summed E-state index contributed by atoms with van der Waals surface area (Å²) in [6.07, 6.45) is 2.39. The molecule has 0 aromatic carbocycles. The van der Waals surface area contributed by atoms with Gasteiger partial charge in [0.2, 0.25) is 0 Å². The highest BCUT2D eigenvalue weighted by Crippen LogP contribution is 2.48. The lowest BCUT2D eigenvalue weighted by atomic mass is 9.70. The molecule has 0 bridgehead atoms. The molecule has 3 nitrogen and oxygen atoms in total. The van der Waals surface area contributed by atoms with E-state index in [1.807, 2.05) is 0 Å². The summed E-state index contributed by atoms with van der Waals surface area (Å²) in [5.74, 6) is -0.679. The van der Waals surface area contributed by atoms with Crippen molar-refractivity contribution in [1.82, 2.24) is 0 Å². The minimum Gasteiger partial charge on any atom is -0.481 e. The van der Waals surface area contributed by atoms with Crippen molar-refractivity contribution < 1.29 is 14.7 Å². The van der Waals surface area contributed by atoms with Gasteiger partial charge in [-0.25, -0.2) is 0 Å². The highest BCUT2D eigenvalue weighted by molar-refractivity contribution is 5.96. The summed E-state index contributed by atoms with van der Waals surface area (Å²) in [5.41, 5.74) is 0. The molecule has 3 heteroatoms. The minimum atomic E-state index is -0.790. The Balaban J connectivity index is 2.04. The molecular weight excluding hydrogens is 144 g/mol. The van der Waals surface area contributed by atoms with Gasteiger partial charge in [0.05, 0.1) is 5.92 Å². The van der Waals surface area contributed by atoms with E-state index in [1.54, 1.807) is 0 Å². The van der Waals surface area contributed by atoms with Crippen molar-refractivity contribution in [3.8, 4) is 0 Å². The molecular formula is C8H10O3. The van der Waals surface area contributed by atoms with Crippen molar-refractivity contribution in [2.45, 2.75) is 19.3 Å². The molecule has 0 amide bonds. The quantitative estimate of drug-likeness (QED) is 0.636. The fourth-order valence-electron chi connectivity index (χ4n) is 1.83. The van der Waals surface area contributed by atoms with Crippen LogP contribution in [0.2, 0.25) is 0 Å². The first kappa shape index (κ1) is 6.83. The van der Waals surface area contributed by atoms with Crippen molar-refractivity contribution >= 4 is 11.8 Å². The minimum absolute atomic E-state index is 0.118. The Labute approximate surface area is 64.4 Å². The number of ketones is 1. The van der Waals surface area contributed by atoms with Crippen LogP contribution in [0.25, 0.3) is 0 Å². The average molecular weight is 154 g/mol. The maximum atomic E-state index is 11.0. The molecule has 2 unspecified atom stereocenters. The SMILES string of the molecule is O=C(O)C1CC(=O)C1C1CC1. The molecule has 1 N–H and O–H groups in total. The summed E-state index contributed by atoms with van der Waals surface area (Å²) in [6.45, 7) is 0. The third-order valence-electron chi connectivity index (χ3n) is 2.67. The van der Waals surface area contributed by atoms with Crippen molar-refractivity contribution in [1.29, 1.82) is 0 Å².